The van der Waals surface area contributed by atoms with Gasteiger partial charge in [0.1, 0.15) is 0 Å². The SMILES string of the molecule is CCNC(=O)N(CCCCNS(=O)(=O)c1ccc(C)cc1)c1ccc2c(c1)OCO2. The predicted molar refractivity (Wildman–Crippen MR) is 115 cm³/mol. The van der Waals surface area contributed by atoms with E-state index in [9.17, 15) is 13.2 Å². The van der Waals surface area contributed by atoms with E-state index in [4.69, 9.17) is 9.47 Å². The molecule has 2 aromatic rings. The first-order valence-electron chi connectivity index (χ1n) is 9.92. The summed E-state index contributed by atoms with van der Waals surface area (Å²) in [4.78, 5) is 14.4. The third-order valence-electron chi connectivity index (χ3n) is 4.67. The molecule has 9 heteroatoms. The van der Waals surface area contributed by atoms with Gasteiger partial charge < -0.3 is 14.8 Å². The van der Waals surface area contributed by atoms with E-state index >= 15 is 0 Å². The second-order valence-corrected chi connectivity index (χ2v) is 8.71. The highest BCUT2D eigenvalue weighted by molar-refractivity contribution is 7.89. The van der Waals surface area contributed by atoms with Crippen molar-refractivity contribution in [2.45, 2.75) is 31.6 Å². The predicted octanol–water partition coefficient (Wildman–Crippen LogP) is 3.02. The molecule has 3 rings (SSSR count). The molecule has 2 N–H and O–H groups in total. The van der Waals surface area contributed by atoms with Crippen LogP contribution in [0.3, 0.4) is 0 Å². The number of nitrogens with zero attached hydrogens (tertiary/aromatic N) is 1. The summed E-state index contributed by atoms with van der Waals surface area (Å²) in [5.41, 5.74) is 1.70. The highest BCUT2D eigenvalue weighted by Crippen LogP contribution is 2.35. The van der Waals surface area contributed by atoms with Gasteiger partial charge in [-0.1, -0.05) is 17.7 Å². The van der Waals surface area contributed by atoms with Crippen molar-refractivity contribution in [3.05, 3.63) is 48.0 Å². The number of carbonyl (C=O) groups excluding carboxylic acids is 1. The van der Waals surface area contributed by atoms with Gasteiger partial charge in [-0.15, -0.1) is 0 Å². The Kier molecular flexibility index (Phi) is 7.17. The average Bonchev–Trinajstić information content (AvgIpc) is 3.19. The van der Waals surface area contributed by atoms with E-state index in [2.05, 4.69) is 10.0 Å². The van der Waals surface area contributed by atoms with Crippen LogP contribution < -0.4 is 24.4 Å². The summed E-state index contributed by atoms with van der Waals surface area (Å²) in [6.45, 7) is 5.18. The number of hydrogen-bond acceptors (Lipinski definition) is 5. The summed E-state index contributed by atoms with van der Waals surface area (Å²) in [6.07, 6.45) is 1.22. The molecule has 0 bridgehead atoms. The fourth-order valence-corrected chi connectivity index (χ4v) is 4.12. The molecular formula is C21H27N3O5S. The lowest BCUT2D eigenvalue weighted by molar-refractivity contribution is 0.174. The normalized spacial score (nSPS) is 12.6. The van der Waals surface area contributed by atoms with E-state index in [1.165, 1.54) is 0 Å². The molecule has 8 nitrogen and oxygen atoms in total. The number of ether oxygens (including phenoxy) is 2. The van der Waals surface area contributed by atoms with Crippen LogP contribution in [0.2, 0.25) is 0 Å². The summed E-state index contributed by atoms with van der Waals surface area (Å²) in [7, 11) is -3.53. The fourth-order valence-electron chi connectivity index (χ4n) is 3.05. The number of nitrogens with one attached hydrogen (secondary N) is 2. The number of sulfonamides is 1. The van der Waals surface area contributed by atoms with Gasteiger partial charge in [0.25, 0.3) is 0 Å². The minimum atomic E-state index is -3.53. The van der Waals surface area contributed by atoms with Crippen LogP contribution in [0.25, 0.3) is 0 Å². The molecule has 0 aliphatic carbocycles. The van der Waals surface area contributed by atoms with E-state index in [-0.39, 0.29) is 17.7 Å². The minimum Gasteiger partial charge on any atom is -0.454 e. The summed E-state index contributed by atoms with van der Waals surface area (Å²) in [5.74, 6) is 1.26. The molecule has 1 aliphatic rings. The first kappa shape index (κ1) is 21.9. The molecule has 0 radical (unpaired) electrons. The third kappa shape index (κ3) is 5.43. The van der Waals surface area contributed by atoms with Crippen LogP contribution in [0.1, 0.15) is 25.3 Å². The van der Waals surface area contributed by atoms with Crippen LogP contribution in [0.4, 0.5) is 10.5 Å². The number of rotatable bonds is 9. The molecule has 0 saturated carbocycles. The zero-order chi connectivity index (χ0) is 21.6. The Morgan fingerprint density at radius 1 is 1.07 bits per heavy atom. The molecule has 1 heterocycles. The van der Waals surface area contributed by atoms with Gasteiger partial charge in [0.2, 0.25) is 16.8 Å². The van der Waals surface area contributed by atoms with Crippen molar-refractivity contribution in [2.24, 2.45) is 0 Å². The van der Waals surface area contributed by atoms with Gasteiger partial charge in [0, 0.05) is 31.4 Å². The summed E-state index contributed by atoms with van der Waals surface area (Å²) in [5, 5.41) is 2.81. The standard InChI is InChI=1S/C21H27N3O5S/c1-3-22-21(25)24(17-8-11-19-20(14-17)29-15-28-19)13-5-4-12-23-30(26,27)18-9-6-16(2)7-10-18/h6-11,14,23H,3-5,12-13,15H2,1-2H3,(H,22,25). The van der Waals surface area contributed by atoms with Crippen molar-refractivity contribution < 1.29 is 22.7 Å². The Labute approximate surface area is 177 Å². The number of anilines is 1. The molecule has 0 spiro atoms. The summed E-state index contributed by atoms with van der Waals surface area (Å²) >= 11 is 0. The lowest BCUT2D eigenvalue weighted by Crippen LogP contribution is -2.40. The number of carbonyl (C=O) groups is 1. The zero-order valence-corrected chi connectivity index (χ0v) is 18.0. The van der Waals surface area contributed by atoms with Gasteiger partial charge in [-0.2, -0.15) is 0 Å². The van der Waals surface area contributed by atoms with Crippen molar-refractivity contribution in [3.8, 4) is 11.5 Å². The number of benzene rings is 2. The molecule has 0 aromatic heterocycles. The van der Waals surface area contributed by atoms with Gasteiger partial charge in [-0.3, -0.25) is 4.90 Å². The van der Waals surface area contributed by atoms with Crippen LogP contribution in [-0.2, 0) is 10.0 Å². The molecule has 0 atom stereocenters. The fraction of sp³-hybridized carbons (Fsp3) is 0.381. The number of aryl methyl sites for hydroxylation is 1. The molecule has 0 unspecified atom stereocenters. The molecule has 2 amide bonds. The number of fused-ring (bicyclic) bond motifs is 1. The van der Waals surface area contributed by atoms with Crippen molar-refractivity contribution in [1.82, 2.24) is 10.0 Å². The first-order valence-corrected chi connectivity index (χ1v) is 11.4. The highest BCUT2D eigenvalue weighted by atomic mass is 32.2. The minimum absolute atomic E-state index is 0.168. The van der Waals surface area contributed by atoms with Gasteiger partial charge in [-0.25, -0.2) is 17.9 Å². The van der Waals surface area contributed by atoms with Crippen molar-refractivity contribution >= 4 is 21.7 Å². The average molecular weight is 434 g/mol. The van der Waals surface area contributed by atoms with E-state index < -0.39 is 10.0 Å². The number of amides is 2. The van der Waals surface area contributed by atoms with Gasteiger partial charge in [0.05, 0.1) is 4.90 Å². The molecule has 0 saturated heterocycles. The lowest BCUT2D eigenvalue weighted by Gasteiger charge is -2.23. The van der Waals surface area contributed by atoms with E-state index in [0.29, 0.717) is 49.7 Å². The Balaban J connectivity index is 1.56. The molecule has 2 aromatic carbocycles. The Morgan fingerprint density at radius 3 is 2.53 bits per heavy atom. The van der Waals surface area contributed by atoms with Gasteiger partial charge in [-0.05, 0) is 51.0 Å². The second kappa shape index (κ2) is 9.82. The number of urea groups is 1. The lowest BCUT2D eigenvalue weighted by atomic mass is 10.2. The first-order chi connectivity index (χ1) is 14.4. The second-order valence-electron chi connectivity index (χ2n) is 6.94. The maximum atomic E-state index is 12.5. The zero-order valence-electron chi connectivity index (χ0n) is 17.2. The molecule has 162 valence electrons. The van der Waals surface area contributed by atoms with Crippen molar-refractivity contribution in [2.75, 3.05) is 31.3 Å². The molecular weight excluding hydrogens is 406 g/mol. The van der Waals surface area contributed by atoms with Crippen molar-refractivity contribution in [3.63, 3.8) is 0 Å². The quantitative estimate of drug-likeness (QED) is 0.593. The topological polar surface area (TPSA) is 97.0 Å². The molecule has 1 aliphatic heterocycles. The number of hydrogen-bond donors (Lipinski definition) is 2. The monoisotopic (exact) mass is 433 g/mol. The number of unbranched alkanes of at least 4 members (excludes halogenated alkanes) is 1. The van der Waals surface area contributed by atoms with E-state index in [0.717, 1.165) is 5.56 Å². The summed E-state index contributed by atoms with van der Waals surface area (Å²) in [6, 6.07) is 11.9. The highest BCUT2D eigenvalue weighted by Gasteiger charge is 2.20. The van der Waals surface area contributed by atoms with Gasteiger partial charge in [0.15, 0.2) is 11.5 Å². The Morgan fingerprint density at radius 2 is 1.80 bits per heavy atom. The smallest absolute Gasteiger partial charge is 0.321 e. The van der Waals surface area contributed by atoms with Crippen LogP contribution in [0, 0.1) is 6.92 Å². The van der Waals surface area contributed by atoms with Crippen LogP contribution >= 0.6 is 0 Å². The summed E-state index contributed by atoms with van der Waals surface area (Å²) < 4.78 is 38.0. The molecule has 0 fully saturated rings. The molecule has 30 heavy (non-hydrogen) atoms. The van der Waals surface area contributed by atoms with Crippen molar-refractivity contribution in [1.29, 1.82) is 0 Å². The largest absolute Gasteiger partial charge is 0.454 e. The Bertz CT molecular complexity index is 977. The maximum absolute atomic E-state index is 12.5. The van der Waals surface area contributed by atoms with E-state index in [1.807, 2.05) is 19.9 Å². The van der Waals surface area contributed by atoms with Crippen LogP contribution in [-0.4, -0.2) is 40.9 Å². The van der Waals surface area contributed by atoms with Crippen LogP contribution in [0.5, 0.6) is 11.5 Å². The maximum Gasteiger partial charge on any atom is 0.321 e. The van der Waals surface area contributed by atoms with Crippen LogP contribution in [0.15, 0.2) is 47.4 Å². The Hall–Kier alpha value is -2.78. The van der Waals surface area contributed by atoms with Gasteiger partial charge >= 0.3 is 6.03 Å². The third-order valence-corrected chi connectivity index (χ3v) is 6.15. The van der Waals surface area contributed by atoms with E-state index in [1.54, 1.807) is 41.3 Å².